The van der Waals surface area contributed by atoms with Gasteiger partial charge in [0, 0.05) is 125 Å². The van der Waals surface area contributed by atoms with Crippen LogP contribution in [0.1, 0.15) is 87.9 Å². The second-order valence-electron chi connectivity index (χ2n) is 23.0. The molecule has 2 aliphatic carbocycles. The summed E-state index contributed by atoms with van der Waals surface area (Å²) in [6, 6.07) is 25.1. The fourth-order valence-corrected chi connectivity index (χ4v) is 11.9. The maximum atomic E-state index is 13.5. The Labute approximate surface area is 589 Å². The van der Waals surface area contributed by atoms with Crippen LogP contribution in [0.15, 0.2) is 110 Å². The van der Waals surface area contributed by atoms with Gasteiger partial charge in [-0.25, -0.2) is 68.0 Å². The number of Topliss-reactive ketones (excluding diaryl/α,β-unsaturated/α-hetero) is 1. The van der Waals surface area contributed by atoms with Gasteiger partial charge < -0.3 is 38.0 Å². The Balaban J connectivity index is 0.000000182. The van der Waals surface area contributed by atoms with Gasteiger partial charge in [-0.15, -0.1) is 0 Å². The molecule has 2 aromatic carbocycles. The van der Waals surface area contributed by atoms with E-state index in [1.807, 2.05) is 83.0 Å². The standard InChI is InChI=1S/C31H29FN8S.C27H21FN8OS.C4H6O4.C3H7N.C2H3BO2.Na/c1-3-25-29(38(2)31-37-28(26(13-33)41-31)21-6-9-24(32)10-7-21)40-18-22(8-11-27(40)36-25)23-14-34-30(35-15-23)39-16-20(17-39)12-19-4-5-19;1-3-21-25(34(2)27-33-24(22(10-29)38-27)16-4-7-19(28)8-5-16)36-13-17(6-9-23(36)32-21)18-11-30-26(31-12-18)35-14-20(37)15-35;1-3(5)7-8-4(2)6;4-3-1-2-3;1-2(4)5-3;/h6-11,14-15,18-20H,3-5,12,16-17H2,1-2H3;4-9,11-13H,3,14-15H2,1-2H3;1-2H3;3H,1-2,4H2;1H3;/q;;;;-1;+1. The van der Waals surface area contributed by atoms with Crippen molar-refractivity contribution in [2.45, 2.75) is 85.6 Å². The molecule has 491 valence electrons. The molecule has 0 atom stereocenters. The van der Waals surface area contributed by atoms with Gasteiger partial charge in [0.25, 0.3) is 0 Å². The number of nitrogens with two attached hydrogens (primary N) is 1. The van der Waals surface area contributed by atoms with Crippen LogP contribution >= 0.6 is 22.7 Å². The van der Waals surface area contributed by atoms with E-state index in [1.165, 1.54) is 86.0 Å². The van der Waals surface area contributed by atoms with Crippen LogP contribution in [0.3, 0.4) is 0 Å². The van der Waals surface area contributed by atoms with E-state index in [9.17, 15) is 38.5 Å². The average Bonchev–Trinajstić information content (AvgIpc) is 1.65. The number of pyridine rings is 2. The number of carbonyl (C=O) groups excluding carboxylic acids is 4. The summed E-state index contributed by atoms with van der Waals surface area (Å²) in [5, 5.41) is 20.9. The van der Waals surface area contributed by atoms with Gasteiger partial charge in [0.1, 0.15) is 67.8 Å². The number of halogens is 2. The predicted octanol–water partition coefficient (Wildman–Crippen LogP) is 7.91. The molecule has 2 N–H and O–H groups in total. The number of rotatable bonds is 14. The first-order valence-electron chi connectivity index (χ1n) is 30.7. The Morgan fingerprint density at radius 3 is 1.31 bits per heavy atom. The van der Waals surface area contributed by atoms with Gasteiger partial charge in [-0.05, 0) is 117 Å². The van der Waals surface area contributed by atoms with Crippen molar-refractivity contribution in [3.8, 4) is 56.9 Å². The van der Waals surface area contributed by atoms with Crippen molar-refractivity contribution >= 4 is 99.5 Å². The number of hydrogen-bond acceptors (Lipinski definition) is 24. The Hall–Kier alpha value is -9.62. The zero-order chi connectivity index (χ0) is 68.3. The summed E-state index contributed by atoms with van der Waals surface area (Å²) in [5.74, 6) is 2.57. The zero-order valence-electron chi connectivity index (χ0n) is 54.6. The molecule has 97 heavy (non-hydrogen) atoms. The molecule has 24 nitrogen and oxygen atoms in total. The molecule has 3 radical (unpaired) electrons. The third kappa shape index (κ3) is 17.9. The van der Waals surface area contributed by atoms with E-state index in [2.05, 4.69) is 77.0 Å². The molecule has 8 aromatic heterocycles. The molecule has 2 saturated carbocycles. The number of ketones is 1. The van der Waals surface area contributed by atoms with Crippen LogP contribution in [0, 0.1) is 46.1 Å². The van der Waals surface area contributed by atoms with E-state index in [1.54, 1.807) is 36.7 Å². The van der Waals surface area contributed by atoms with Crippen molar-refractivity contribution in [2.24, 2.45) is 17.6 Å². The first kappa shape index (κ1) is 71.7. The maximum Gasteiger partial charge on any atom is 1.00 e. The van der Waals surface area contributed by atoms with E-state index in [0.29, 0.717) is 74.0 Å². The molecular weight excluding hydrogens is 1290 g/mol. The fraction of sp³-hybridized carbons (Fsp3) is 0.313. The molecule has 14 rings (SSSR count). The number of aromatic nitrogens is 10. The number of nitrogens with zero attached hydrogens (tertiary/aromatic N) is 16. The number of fused-ring (bicyclic) bond motifs is 2. The Bertz CT molecular complexity index is 4510. The fourth-order valence-electron chi connectivity index (χ4n) is 10.2. The molecule has 4 aliphatic rings. The van der Waals surface area contributed by atoms with Gasteiger partial charge in [0.05, 0.1) is 24.5 Å². The summed E-state index contributed by atoms with van der Waals surface area (Å²) < 4.78 is 34.6. The van der Waals surface area contributed by atoms with Crippen molar-refractivity contribution < 1.29 is 71.9 Å². The van der Waals surface area contributed by atoms with Crippen LogP contribution in [0.5, 0.6) is 0 Å². The minimum atomic E-state index is -0.639. The minimum Gasteiger partial charge on any atom is -0.793 e. The van der Waals surface area contributed by atoms with Crippen LogP contribution in [-0.4, -0.2) is 127 Å². The predicted molar refractivity (Wildman–Crippen MR) is 360 cm³/mol. The van der Waals surface area contributed by atoms with Gasteiger partial charge in [-0.3, -0.25) is 18.4 Å². The van der Waals surface area contributed by atoms with Crippen LogP contribution in [0.25, 0.3) is 56.1 Å². The van der Waals surface area contributed by atoms with E-state index in [0.717, 1.165) is 108 Å². The maximum absolute atomic E-state index is 13.5. The number of thiazole rings is 2. The second kappa shape index (κ2) is 32.4. The van der Waals surface area contributed by atoms with Gasteiger partial charge in [-0.2, -0.15) is 10.5 Å². The number of anilines is 6. The summed E-state index contributed by atoms with van der Waals surface area (Å²) in [4.78, 5) is 94.5. The third-order valence-electron chi connectivity index (χ3n) is 15.5. The Morgan fingerprint density at radius 2 is 0.979 bits per heavy atom. The molecule has 30 heteroatoms. The summed E-state index contributed by atoms with van der Waals surface area (Å²) in [6.45, 7) is 10.4. The molecule has 2 saturated heterocycles. The summed E-state index contributed by atoms with van der Waals surface area (Å²) >= 11 is 2.58. The summed E-state index contributed by atoms with van der Waals surface area (Å²) in [7, 11) is 8.16. The second-order valence-corrected chi connectivity index (χ2v) is 24.9. The average molecular weight is 1360 g/mol. The van der Waals surface area contributed by atoms with E-state index >= 15 is 0 Å². The quantitative estimate of drug-likeness (QED) is 0.0614. The number of aryl methyl sites for hydroxylation is 2. The third-order valence-corrected chi connectivity index (χ3v) is 17.6. The Kier molecular flexibility index (Phi) is 24.0. The molecule has 0 spiro atoms. The molecule has 0 bridgehead atoms. The number of hydrogen-bond donors (Lipinski definition) is 1. The van der Waals surface area contributed by atoms with E-state index in [-0.39, 0.29) is 47.0 Å². The van der Waals surface area contributed by atoms with Gasteiger partial charge in [0.2, 0.25) is 17.9 Å². The first-order chi connectivity index (χ1) is 46.2. The summed E-state index contributed by atoms with van der Waals surface area (Å²) in [5.41, 5.74) is 14.7. The number of benzene rings is 2. The zero-order valence-corrected chi connectivity index (χ0v) is 58.3. The van der Waals surface area contributed by atoms with Crippen LogP contribution < -0.4 is 54.9 Å². The number of carbonyl (C=O) groups is 4. The van der Waals surface area contributed by atoms with E-state index < -0.39 is 17.9 Å². The summed E-state index contributed by atoms with van der Waals surface area (Å²) in [6.07, 6.45) is 19.5. The Morgan fingerprint density at radius 1 is 0.598 bits per heavy atom. The molecule has 0 unspecified atom stereocenters. The monoisotopic (exact) mass is 1360 g/mol. The van der Waals surface area contributed by atoms with Crippen molar-refractivity contribution in [1.29, 1.82) is 10.5 Å². The van der Waals surface area contributed by atoms with Crippen LogP contribution in [0.2, 0.25) is 0 Å². The smallest absolute Gasteiger partial charge is 0.793 e. The van der Waals surface area contributed by atoms with E-state index in [4.69, 9.17) is 25.7 Å². The molecule has 10 aromatic rings. The van der Waals surface area contributed by atoms with Gasteiger partial charge >= 0.3 is 41.5 Å². The normalized spacial score (nSPS) is 13.6. The van der Waals surface area contributed by atoms with Crippen molar-refractivity contribution in [3.05, 3.63) is 143 Å². The number of nitriles is 2. The molecule has 2 aliphatic heterocycles. The SMILES string of the molecule is CC(=O)OOC(C)=O.CCc1nc2ccc(-c3cnc(N4CC(=O)C4)nc3)cn2c1N(C)c1nc(-c2ccc(F)cc2)c(C#N)s1.CCc1nc2ccc(-c3cnc(N4CC(CC5CC5)C4)nc3)cn2c1N(C)c1nc(-c2ccc(F)cc2)c(C#N)s1.NC1CC1.[B-]OC(C)=O.[Na+]. The topological polar surface area (TPSA) is 294 Å². The van der Waals surface area contributed by atoms with Gasteiger partial charge in [0.15, 0.2) is 16.0 Å². The van der Waals surface area contributed by atoms with Crippen molar-refractivity contribution in [1.82, 2.24) is 48.7 Å². The largest absolute Gasteiger partial charge is 1.00 e. The van der Waals surface area contributed by atoms with Crippen LogP contribution in [0.4, 0.5) is 42.6 Å². The molecule has 4 fully saturated rings. The minimum absolute atomic E-state index is 0. The van der Waals surface area contributed by atoms with Crippen molar-refractivity contribution in [2.75, 3.05) is 59.9 Å². The molecular formula is C67H66BF2N17NaO7S2. The van der Waals surface area contributed by atoms with Crippen molar-refractivity contribution in [3.63, 3.8) is 0 Å². The molecule has 0 amide bonds. The molecule has 10 heterocycles. The van der Waals surface area contributed by atoms with Crippen LogP contribution in [-0.2, 0) is 46.4 Å². The first-order valence-corrected chi connectivity index (χ1v) is 32.4. The number of imidazole rings is 2. The van der Waals surface area contributed by atoms with Gasteiger partial charge in [-0.1, -0.05) is 49.4 Å².